The molecule has 0 radical (unpaired) electrons. The lowest BCUT2D eigenvalue weighted by molar-refractivity contribution is 0.0998. The molecular formula is C18H18FNO. The lowest BCUT2D eigenvalue weighted by Crippen LogP contribution is -2.38. The van der Waals surface area contributed by atoms with Crippen LogP contribution < -0.4 is 4.90 Å². The first-order valence-corrected chi connectivity index (χ1v) is 7.25. The van der Waals surface area contributed by atoms with Gasteiger partial charge < -0.3 is 4.90 Å². The quantitative estimate of drug-likeness (QED) is 0.800. The third-order valence-electron chi connectivity index (χ3n) is 3.93. The fraction of sp³-hybridized carbons (Fsp3) is 0.278. The van der Waals surface area contributed by atoms with Crippen molar-refractivity contribution >= 4 is 11.5 Å². The summed E-state index contributed by atoms with van der Waals surface area (Å²) in [5, 5.41) is 0. The Morgan fingerprint density at radius 3 is 2.67 bits per heavy atom. The summed E-state index contributed by atoms with van der Waals surface area (Å²) < 4.78 is 12.9. The van der Waals surface area contributed by atoms with E-state index in [0.29, 0.717) is 18.0 Å². The van der Waals surface area contributed by atoms with Gasteiger partial charge in [0.2, 0.25) is 0 Å². The van der Waals surface area contributed by atoms with E-state index in [1.165, 1.54) is 17.7 Å². The highest BCUT2D eigenvalue weighted by molar-refractivity contribution is 5.99. The molecule has 3 heteroatoms. The average Bonchev–Trinajstić information content (AvgIpc) is 2.47. The smallest absolute Gasteiger partial charge is 0.182 e. The summed E-state index contributed by atoms with van der Waals surface area (Å²) in [7, 11) is 0. The molecule has 1 unspecified atom stereocenters. The maximum Gasteiger partial charge on any atom is 0.182 e. The van der Waals surface area contributed by atoms with Crippen molar-refractivity contribution in [2.75, 3.05) is 18.0 Å². The molecule has 1 aliphatic rings. The van der Waals surface area contributed by atoms with Crippen molar-refractivity contribution in [1.82, 2.24) is 0 Å². The SMILES string of the molecule is CC1Cc2ccccc2N(CC(=O)c2ccc(F)cc2)C1. The Morgan fingerprint density at radius 2 is 1.90 bits per heavy atom. The summed E-state index contributed by atoms with van der Waals surface area (Å²) in [5.74, 6) is 0.239. The molecule has 3 rings (SSSR count). The number of Topliss-reactive ketones (excluding diaryl/α,β-unsaturated/α-hetero) is 1. The summed E-state index contributed by atoms with van der Waals surface area (Å²) >= 11 is 0. The zero-order valence-electron chi connectivity index (χ0n) is 12.1. The number of halogens is 1. The standard InChI is InChI=1S/C18H18FNO/c1-13-10-15-4-2-3-5-17(15)20(11-13)12-18(21)14-6-8-16(19)9-7-14/h2-9,13H,10-12H2,1H3. The Bertz CT molecular complexity index is 651. The monoisotopic (exact) mass is 283 g/mol. The van der Waals surface area contributed by atoms with E-state index in [0.717, 1.165) is 18.7 Å². The highest BCUT2D eigenvalue weighted by atomic mass is 19.1. The third kappa shape index (κ3) is 2.97. The second-order valence-corrected chi connectivity index (χ2v) is 5.75. The van der Waals surface area contributed by atoms with E-state index in [9.17, 15) is 9.18 Å². The minimum absolute atomic E-state index is 0.0268. The molecule has 1 aliphatic heterocycles. The molecule has 0 aliphatic carbocycles. The summed E-state index contributed by atoms with van der Waals surface area (Å²) in [5.41, 5.74) is 3.00. The van der Waals surface area contributed by atoms with Gasteiger partial charge in [0, 0.05) is 17.8 Å². The van der Waals surface area contributed by atoms with Crippen LogP contribution in [0.2, 0.25) is 0 Å². The number of nitrogens with zero attached hydrogens (tertiary/aromatic N) is 1. The van der Waals surface area contributed by atoms with Crippen LogP contribution >= 0.6 is 0 Å². The third-order valence-corrected chi connectivity index (χ3v) is 3.93. The van der Waals surface area contributed by atoms with Crippen LogP contribution in [0.4, 0.5) is 10.1 Å². The van der Waals surface area contributed by atoms with Gasteiger partial charge in [-0.05, 0) is 48.2 Å². The Balaban J connectivity index is 1.81. The highest BCUT2D eigenvalue weighted by Crippen LogP contribution is 2.29. The van der Waals surface area contributed by atoms with E-state index >= 15 is 0 Å². The van der Waals surface area contributed by atoms with Gasteiger partial charge in [-0.25, -0.2) is 4.39 Å². The van der Waals surface area contributed by atoms with Gasteiger partial charge in [-0.1, -0.05) is 25.1 Å². The first kappa shape index (κ1) is 13.8. The van der Waals surface area contributed by atoms with E-state index in [-0.39, 0.29) is 11.6 Å². The lowest BCUT2D eigenvalue weighted by atomic mass is 9.93. The van der Waals surface area contributed by atoms with E-state index in [2.05, 4.69) is 24.0 Å². The van der Waals surface area contributed by atoms with Gasteiger partial charge in [-0.3, -0.25) is 4.79 Å². The minimum atomic E-state index is -0.316. The van der Waals surface area contributed by atoms with E-state index in [1.807, 2.05) is 12.1 Å². The number of hydrogen-bond donors (Lipinski definition) is 0. The Morgan fingerprint density at radius 1 is 1.19 bits per heavy atom. The molecule has 2 aromatic rings. The van der Waals surface area contributed by atoms with Crippen LogP contribution in [0.1, 0.15) is 22.8 Å². The van der Waals surface area contributed by atoms with Crippen LogP contribution in [0, 0.1) is 11.7 Å². The molecule has 1 heterocycles. The number of fused-ring (bicyclic) bond motifs is 1. The average molecular weight is 283 g/mol. The number of ketones is 1. The molecule has 0 saturated carbocycles. The van der Waals surface area contributed by atoms with Crippen molar-refractivity contribution in [3.05, 3.63) is 65.5 Å². The van der Waals surface area contributed by atoms with Gasteiger partial charge in [0.05, 0.1) is 6.54 Å². The molecule has 1 atom stereocenters. The lowest BCUT2D eigenvalue weighted by Gasteiger charge is -2.34. The van der Waals surface area contributed by atoms with Crippen molar-refractivity contribution in [3.63, 3.8) is 0 Å². The predicted octanol–water partition coefficient (Wildman–Crippen LogP) is 3.71. The van der Waals surface area contributed by atoms with Crippen molar-refractivity contribution in [3.8, 4) is 0 Å². The molecule has 0 spiro atoms. The number of benzene rings is 2. The van der Waals surface area contributed by atoms with Crippen LogP contribution in [-0.2, 0) is 6.42 Å². The van der Waals surface area contributed by atoms with Crippen LogP contribution in [0.3, 0.4) is 0 Å². The molecule has 21 heavy (non-hydrogen) atoms. The number of carbonyl (C=O) groups is 1. The summed E-state index contributed by atoms with van der Waals surface area (Å²) in [6.45, 7) is 3.42. The predicted molar refractivity (Wildman–Crippen MR) is 82.3 cm³/mol. The first-order valence-electron chi connectivity index (χ1n) is 7.25. The fourth-order valence-electron chi connectivity index (χ4n) is 2.96. The molecular weight excluding hydrogens is 265 g/mol. The summed E-state index contributed by atoms with van der Waals surface area (Å²) in [6, 6.07) is 14.0. The number of rotatable bonds is 3. The molecule has 0 fully saturated rings. The van der Waals surface area contributed by atoms with Crippen molar-refractivity contribution in [2.45, 2.75) is 13.3 Å². The number of para-hydroxylation sites is 1. The second kappa shape index (κ2) is 5.68. The van der Waals surface area contributed by atoms with Crippen molar-refractivity contribution in [2.24, 2.45) is 5.92 Å². The van der Waals surface area contributed by atoms with Crippen molar-refractivity contribution < 1.29 is 9.18 Å². The normalized spacial score (nSPS) is 17.4. The zero-order chi connectivity index (χ0) is 14.8. The first-order chi connectivity index (χ1) is 10.1. The highest BCUT2D eigenvalue weighted by Gasteiger charge is 2.23. The van der Waals surface area contributed by atoms with Gasteiger partial charge >= 0.3 is 0 Å². The zero-order valence-corrected chi connectivity index (χ0v) is 12.1. The van der Waals surface area contributed by atoms with Crippen LogP contribution in [0.15, 0.2) is 48.5 Å². The molecule has 0 N–H and O–H groups in total. The summed E-state index contributed by atoms with van der Waals surface area (Å²) in [4.78, 5) is 14.5. The largest absolute Gasteiger partial charge is 0.363 e. The Labute approximate surface area is 124 Å². The van der Waals surface area contributed by atoms with E-state index in [4.69, 9.17) is 0 Å². The van der Waals surface area contributed by atoms with Crippen molar-refractivity contribution in [1.29, 1.82) is 0 Å². The second-order valence-electron chi connectivity index (χ2n) is 5.75. The van der Waals surface area contributed by atoms with Gasteiger partial charge in [0.1, 0.15) is 5.82 Å². The number of carbonyl (C=O) groups excluding carboxylic acids is 1. The van der Waals surface area contributed by atoms with Gasteiger partial charge in [0.15, 0.2) is 5.78 Å². The van der Waals surface area contributed by atoms with Gasteiger partial charge in [-0.2, -0.15) is 0 Å². The molecule has 0 bridgehead atoms. The van der Waals surface area contributed by atoms with E-state index < -0.39 is 0 Å². The molecule has 0 aromatic heterocycles. The molecule has 2 aromatic carbocycles. The molecule has 2 nitrogen and oxygen atoms in total. The minimum Gasteiger partial charge on any atom is -0.363 e. The molecule has 0 amide bonds. The fourth-order valence-corrected chi connectivity index (χ4v) is 2.96. The molecule has 0 saturated heterocycles. The van der Waals surface area contributed by atoms with E-state index in [1.54, 1.807) is 12.1 Å². The maximum absolute atomic E-state index is 12.9. The topological polar surface area (TPSA) is 20.3 Å². The summed E-state index contributed by atoms with van der Waals surface area (Å²) in [6.07, 6.45) is 1.05. The Kier molecular flexibility index (Phi) is 3.74. The number of hydrogen-bond acceptors (Lipinski definition) is 2. The van der Waals surface area contributed by atoms with Gasteiger partial charge in [0.25, 0.3) is 0 Å². The van der Waals surface area contributed by atoms with Crippen LogP contribution in [0.25, 0.3) is 0 Å². The van der Waals surface area contributed by atoms with Crippen LogP contribution in [0.5, 0.6) is 0 Å². The molecule has 108 valence electrons. The van der Waals surface area contributed by atoms with Crippen LogP contribution in [-0.4, -0.2) is 18.9 Å². The maximum atomic E-state index is 12.9. The van der Waals surface area contributed by atoms with Gasteiger partial charge in [-0.15, -0.1) is 0 Å². The number of anilines is 1. The Hall–Kier alpha value is -2.16.